The summed E-state index contributed by atoms with van der Waals surface area (Å²) in [4.78, 5) is 27.1. The first-order valence-corrected chi connectivity index (χ1v) is 9.89. The van der Waals surface area contributed by atoms with Gasteiger partial charge in [-0.2, -0.15) is 0 Å². The van der Waals surface area contributed by atoms with E-state index in [1.165, 1.54) is 7.11 Å². The van der Waals surface area contributed by atoms with E-state index in [0.29, 0.717) is 35.7 Å². The van der Waals surface area contributed by atoms with E-state index in [1.54, 1.807) is 25.3 Å². The second-order valence-electron chi connectivity index (χ2n) is 6.59. The highest BCUT2D eigenvalue weighted by molar-refractivity contribution is 9.10. The van der Waals surface area contributed by atoms with Gasteiger partial charge in [-0.3, -0.25) is 9.59 Å². The highest BCUT2D eigenvalue weighted by Crippen LogP contribution is 2.27. The van der Waals surface area contributed by atoms with E-state index in [4.69, 9.17) is 9.47 Å². The molecule has 1 N–H and O–H groups in total. The van der Waals surface area contributed by atoms with Crippen LogP contribution in [-0.4, -0.2) is 50.1 Å². The molecule has 1 heterocycles. The lowest BCUT2D eigenvalue weighted by Gasteiger charge is -2.32. The third-order valence-electron chi connectivity index (χ3n) is 4.87. The van der Waals surface area contributed by atoms with Gasteiger partial charge in [-0.25, -0.2) is 0 Å². The number of nitrogens with one attached hydrogen (secondary N) is 1. The first-order chi connectivity index (χ1) is 13.5. The average molecular weight is 447 g/mol. The topological polar surface area (TPSA) is 67.9 Å². The number of carbonyl (C=O) groups excluding carboxylic acids is 2. The van der Waals surface area contributed by atoms with Crippen LogP contribution >= 0.6 is 15.9 Å². The van der Waals surface area contributed by atoms with Gasteiger partial charge in [0.2, 0.25) is 0 Å². The van der Waals surface area contributed by atoms with Gasteiger partial charge in [0, 0.05) is 29.2 Å². The number of nitrogens with zero attached hydrogens (tertiary/aromatic N) is 1. The number of rotatable bonds is 5. The summed E-state index contributed by atoms with van der Waals surface area (Å²) >= 11 is 3.43. The summed E-state index contributed by atoms with van der Waals surface area (Å²) in [5, 5.41) is 3.05. The summed E-state index contributed by atoms with van der Waals surface area (Å²) in [6.07, 6.45) is 1.43. The number of piperidine rings is 1. The molecular weight excluding hydrogens is 424 g/mol. The number of halogens is 1. The van der Waals surface area contributed by atoms with Gasteiger partial charge < -0.3 is 19.7 Å². The molecule has 148 valence electrons. The maximum Gasteiger partial charge on any atom is 0.254 e. The molecule has 28 heavy (non-hydrogen) atoms. The molecule has 0 aliphatic carbocycles. The van der Waals surface area contributed by atoms with Gasteiger partial charge in [0.05, 0.1) is 19.8 Å². The largest absolute Gasteiger partial charge is 0.493 e. The third kappa shape index (κ3) is 4.47. The van der Waals surface area contributed by atoms with Crippen LogP contribution in [0.1, 0.15) is 33.6 Å². The number of ether oxygens (including phenoxy) is 2. The molecule has 0 spiro atoms. The van der Waals surface area contributed by atoms with Crippen molar-refractivity contribution >= 4 is 27.7 Å². The predicted molar refractivity (Wildman–Crippen MR) is 110 cm³/mol. The Kier molecular flexibility index (Phi) is 6.57. The van der Waals surface area contributed by atoms with Gasteiger partial charge in [0.25, 0.3) is 11.8 Å². The first-order valence-electron chi connectivity index (χ1n) is 9.10. The number of hydrogen-bond donors (Lipinski definition) is 1. The van der Waals surface area contributed by atoms with Crippen LogP contribution in [0.2, 0.25) is 0 Å². The standard InChI is InChI=1S/C21H23BrN2O4/c1-27-18-8-7-14(13-19(18)28-2)20(25)23-15-9-11-24(12-10-15)21(26)16-5-3-4-6-17(16)22/h3-8,13,15H,9-12H2,1-2H3,(H,23,25). The maximum absolute atomic E-state index is 12.7. The van der Waals surface area contributed by atoms with E-state index in [9.17, 15) is 9.59 Å². The molecule has 6 nitrogen and oxygen atoms in total. The van der Waals surface area contributed by atoms with Crippen LogP contribution in [0.3, 0.4) is 0 Å². The van der Waals surface area contributed by atoms with E-state index in [1.807, 2.05) is 29.2 Å². The van der Waals surface area contributed by atoms with Crippen molar-refractivity contribution in [1.82, 2.24) is 10.2 Å². The van der Waals surface area contributed by atoms with Crippen molar-refractivity contribution in [3.63, 3.8) is 0 Å². The average Bonchev–Trinajstić information content (AvgIpc) is 2.73. The molecule has 0 saturated carbocycles. The van der Waals surface area contributed by atoms with E-state index < -0.39 is 0 Å². The van der Waals surface area contributed by atoms with Gasteiger partial charge >= 0.3 is 0 Å². The minimum Gasteiger partial charge on any atom is -0.493 e. The molecule has 2 aromatic rings. The van der Waals surface area contributed by atoms with Crippen LogP contribution in [0.4, 0.5) is 0 Å². The quantitative estimate of drug-likeness (QED) is 0.762. The number of benzene rings is 2. The van der Waals surface area contributed by atoms with Gasteiger partial charge in [0.15, 0.2) is 11.5 Å². The molecule has 1 fully saturated rings. The Morgan fingerprint density at radius 3 is 2.36 bits per heavy atom. The smallest absolute Gasteiger partial charge is 0.254 e. The van der Waals surface area contributed by atoms with Gasteiger partial charge in [-0.05, 0) is 59.1 Å². The molecule has 0 aromatic heterocycles. The van der Waals surface area contributed by atoms with Crippen molar-refractivity contribution in [2.45, 2.75) is 18.9 Å². The normalized spacial score (nSPS) is 14.5. The minimum absolute atomic E-state index is 0.0112. The summed E-state index contributed by atoms with van der Waals surface area (Å²) in [6, 6.07) is 12.5. The number of carbonyl (C=O) groups is 2. The molecule has 7 heteroatoms. The third-order valence-corrected chi connectivity index (χ3v) is 5.56. The summed E-state index contributed by atoms with van der Waals surface area (Å²) in [5.74, 6) is 0.954. The fraction of sp³-hybridized carbons (Fsp3) is 0.333. The Labute approximate surface area is 172 Å². The Bertz CT molecular complexity index is 863. The van der Waals surface area contributed by atoms with Gasteiger partial charge in [-0.1, -0.05) is 12.1 Å². The number of amides is 2. The number of hydrogen-bond acceptors (Lipinski definition) is 4. The highest BCUT2D eigenvalue weighted by Gasteiger charge is 2.26. The van der Waals surface area contributed by atoms with E-state index in [0.717, 1.165) is 17.3 Å². The van der Waals surface area contributed by atoms with Crippen molar-refractivity contribution in [3.05, 3.63) is 58.1 Å². The van der Waals surface area contributed by atoms with Crippen LogP contribution in [0, 0.1) is 0 Å². The molecule has 2 aromatic carbocycles. The van der Waals surface area contributed by atoms with Crippen molar-refractivity contribution in [1.29, 1.82) is 0 Å². The molecule has 0 unspecified atom stereocenters. The van der Waals surface area contributed by atoms with Crippen LogP contribution in [0.15, 0.2) is 46.9 Å². The zero-order valence-electron chi connectivity index (χ0n) is 15.9. The fourth-order valence-corrected chi connectivity index (χ4v) is 3.73. The monoisotopic (exact) mass is 446 g/mol. The van der Waals surface area contributed by atoms with Crippen LogP contribution in [-0.2, 0) is 0 Å². The molecule has 0 bridgehead atoms. The fourth-order valence-electron chi connectivity index (χ4n) is 3.28. The number of methoxy groups -OCH3 is 2. The molecule has 0 atom stereocenters. The Balaban J connectivity index is 1.58. The van der Waals surface area contributed by atoms with Crippen LogP contribution in [0.25, 0.3) is 0 Å². The van der Waals surface area contributed by atoms with Crippen molar-refractivity contribution in [3.8, 4) is 11.5 Å². The van der Waals surface area contributed by atoms with Crippen LogP contribution in [0.5, 0.6) is 11.5 Å². The van der Waals surface area contributed by atoms with Crippen LogP contribution < -0.4 is 14.8 Å². The number of likely N-dealkylation sites (tertiary alicyclic amines) is 1. The molecular formula is C21H23BrN2O4. The molecule has 2 amide bonds. The second kappa shape index (κ2) is 9.10. The summed E-state index contributed by atoms with van der Waals surface area (Å²) in [6.45, 7) is 1.22. The molecule has 3 rings (SSSR count). The highest BCUT2D eigenvalue weighted by atomic mass is 79.9. The molecule has 1 aliphatic heterocycles. The van der Waals surface area contributed by atoms with Crippen molar-refractivity contribution < 1.29 is 19.1 Å². The first kappa shape index (κ1) is 20.2. The Hall–Kier alpha value is -2.54. The minimum atomic E-state index is -0.156. The molecule has 1 saturated heterocycles. The predicted octanol–water partition coefficient (Wildman–Crippen LogP) is 3.50. The van der Waals surface area contributed by atoms with Crippen molar-refractivity contribution in [2.75, 3.05) is 27.3 Å². The lowest BCUT2D eigenvalue weighted by atomic mass is 10.0. The van der Waals surface area contributed by atoms with E-state index >= 15 is 0 Å². The van der Waals surface area contributed by atoms with E-state index in [-0.39, 0.29) is 17.9 Å². The molecule has 0 radical (unpaired) electrons. The zero-order valence-corrected chi connectivity index (χ0v) is 17.5. The lowest BCUT2D eigenvalue weighted by Crippen LogP contribution is -2.46. The lowest BCUT2D eigenvalue weighted by molar-refractivity contribution is 0.0697. The zero-order chi connectivity index (χ0) is 20.1. The Morgan fingerprint density at radius 1 is 1.04 bits per heavy atom. The summed E-state index contributed by atoms with van der Waals surface area (Å²) in [7, 11) is 3.10. The maximum atomic E-state index is 12.7. The van der Waals surface area contributed by atoms with E-state index in [2.05, 4.69) is 21.2 Å². The van der Waals surface area contributed by atoms with Gasteiger partial charge in [-0.15, -0.1) is 0 Å². The van der Waals surface area contributed by atoms with Gasteiger partial charge in [0.1, 0.15) is 0 Å². The SMILES string of the molecule is COc1ccc(C(=O)NC2CCN(C(=O)c3ccccc3Br)CC2)cc1OC. The second-order valence-corrected chi connectivity index (χ2v) is 7.44. The summed E-state index contributed by atoms with van der Waals surface area (Å²) in [5.41, 5.74) is 1.18. The summed E-state index contributed by atoms with van der Waals surface area (Å²) < 4.78 is 11.3. The Morgan fingerprint density at radius 2 is 1.71 bits per heavy atom. The van der Waals surface area contributed by atoms with Crippen molar-refractivity contribution in [2.24, 2.45) is 0 Å². The molecule has 1 aliphatic rings.